The monoisotopic (exact) mass is 283 g/mol. The van der Waals surface area contributed by atoms with Gasteiger partial charge in [0, 0.05) is 13.0 Å². The van der Waals surface area contributed by atoms with Gasteiger partial charge in [0.1, 0.15) is 0 Å². The molecule has 0 radical (unpaired) electrons. The van der Waals surface area contributed by atoms with Crippen molar-refractivity contribution in [2.75, 3.05) is 17.2 Å². The quantitative estimate of drug-likeness (QED) is 0.776. The van der Waals surface area contributed by atoms with Gasteiger partial charge in [0.25, 0.3) is 0 Å². The Morgan fingerprint density at radius 3 is 2.58 bits per heavy atom. The van der Waals surface area contributed by atoms with Crippen molar-refractivity contribution in [3.8, 4) is 0 Å². The lowest BCUT2D eigenvalue weighted by molar-refractivity contribution is -0.122. The number of nitrogens with one attached hydrogen (secondary N) is 3. The van der Waals surface area contributed by atoms with E-state index >= 15 is 0 Å². The molecule has 0 aliphatic heterocycles. The summed E-state index contributed by atoms with van der Waals surface area (Å²) in [7, 11) is 0. The van der Waals surface area contributed by atoms with E-state index in [1.54, 1.807) is 18.2 Å². The standard InChI is InChI=1S/C13H18ClN3O2/c1-8(2)16-13-10(14)5-4-6-11(13)17-12(19)7-15-9(3)18/h4-6,8,16H,7H2,1-3H3,(H,15,18)(H,17,19). The van der Waals surface area contributed by atoms with Crippen molar-refractivity contribution in [1.29, 1.82) is 0 Å². The lowest BCUT2D eigenvalue weighted by atomic mass is 10.2. The normalized spacial score (nSPS) is 10.2. The Morgan fingerprint density at radius 2 is 2.00 bits per heavy atom. The van der Waals surface area contributed by atoms with Gasteiger partial charge in [0.05, 0.1) is 22.9 Å². The molecule has 0 bridgehead atoms. The summed E-state index contributed by atoms with van der Waals surface area (Å²) in [5, 5.41) is 8.86. The molecule has 104 valence electrons. The molecule has 0 saturated carbocycles. The minimum atomic E-state index is -0.302. The SMILES string of the molecule is CC(=O)NCC(=O)Nc1cccc(Cl)c1NC(C)C. The smallest absolute Gasteiger partial charge is 0.243 e. The highest BCUT2D eigenvalue weighted by Crippen LogP contribution is 2.30. The van der Waals surface area contributed by atoms with Crippen molar-refractivity contribution in [2.24, 2.45) is 0 Å². The van der Waals surface area contributed by atoms with Gasteiger partial charge in [-0.25, -0.2) is 0 Å². The lowest BCUT2D eigenvalue weighted by Crippen LogP contribution is -2.31. The number of hydrogen-bond donors (Lipinski definition) is 3. The first-order valence-corrected chi connectivity index (χ1v) is 6.37. The highest BCUT2D eigenvalue weighted by molar-refractivity contribution is 6.34. The number of halogens is 1. The summed E-state index contributed by atoms with van der Waals surface area (Å²) in [6, 6.07) is 5.44. The Labute approximate surface area is 117 Å². The first-order chi connectivity index (χ1) is 8.90. The van der Waals surface area contributed by atoms with Crippen molar-refractivity contribution in [1.82, 2.24) is 5.32 Å². The van der Waals surface area contributed by atoms with Crippen molar-refractivity contribution >= 4 is 34.8 Å². The molecule has 5 nitrogen and oxygen atoms in total. The second-order valence-electron chi connectivity index (χ2n) is 4.42. The summed E-state index contributed by atoms with van der Waals surface area (Å²) in [5.74, 6) is -0.550. The highest BCUT2D eigenvalue weighted by Gasteiger charge is 2.11. The molecule has 0 unspecified atom stereocenters. The lowest BCUT2D eigenvalue weighted by Gasteiger charge is -2.17. The molecule has 3 N–H and O–H groups in total. The largest absolute Gasteiger partial charge is 0.380 e. The molecule has 2 amide bonds. The summed E-state index contributed by atoms with van der Waals surface area (Å²) < 4.78 is 0. The molecule has 0 spiro atoms. The van der Waals surface area contributed by atoms with Gasteiger partial charge in [-0.3, -0.25) is 9.59 Å². The van der Waals surface area contributed by atoms with Crippen LogP contribution < -0.4 is 16.0 Å². The summed E-state index contributed by atoms with van der Waals surface area (Å²) >= 11 is 6.10. The van der Waals surface area contributed by atoms with Crippen molar-refractivity contribution in [3.63, 3.8) is 0 Å². The van der Waals surface area contributed by atoms with Gasteiger partial charge in [-0.05, 0) is 26.0 Å². The number of carbonyl (C=O) groups is 2. The first kappa shape index (κ1) is 15.3. The third-order valence-corrected chi connectivity index (χ3v) is 2.53. The van der Waals surface area contributed by atoms with Gasteiger partial charge in [-0.15, -0.1) is 0 Å². The first-order valence-electron chi connectivity index (χ1n) is 5.99. The van der Waals surface area contributed by atoms with Crippen LogP contribution in [0.5, 0.6) is 0 Å². The molecule has 0 aliphatic carbocycles. The number of rotatable bonds is 5. The number of carbonyl (C=O) groups excluding carboxylic acids is 2. The molecule has 1 rings (SSSR count). The fourth-order valence-corrected chi connectivity index (χ4v) is 1.69. The van der Waals surface area contributed by atoms with Gasteiger partial charge in [-0.2, -0.15) is 0 Å². The Bertz CT molecular complexity index is 475. The molecule has 19 heavy (non-hydrogen) atoms. The fourth-order valence-electron chi connectivity index (χ4n) is 1.46. The molecule has 0 fully saturated rings. The van der Waals surface area contributed by atoms with Crippen LogP contribution in [0.2, 0.25) is 5.02 Å². The van der Waals surface area contributed by atoms with E-state index < -0.39 is 0 Å². The van der Waals surface area contributed by atoms with Crippen molar-refractivity contribution < 1.29 is 9.59 Å². The summed E-state index contributed by atoms with van der Waals surface area (Å²) in [6.07, 6.45) is 0. The molecule has 0 heterocycles. The summed E-state index contributed by atoms with van der Waals surface area (Å²) in [5.41, 5.74) is 1.27. The van der Waals surface area contributed by atoms with Crippen LogP contribution in [0, 0.1) is 0 Å². The van der Waals surface area contributed by atoms with Crippen LogP contribution >= 0.6 is 11.6 Å². The van der Waals surface area contributed by atoms with E-state index in [0.717, 1.165) is 0 Å². The van der Waals surface area contributed by atoms with Crippen LogP contribution in [-0.2, 0) is 9.59 Å². The van der Waals surface area contributed by atoms with E-state index in [4.69, 9.17) is 11.6 Å². The van der Waals surface area contributed by atoms with Gasteiger partial charge in [-0.1, -0.05) is 17.7 Å². The summed E-state index contributed by atoms with van der Waals surface area (Å²) in [6.45, 7) is 5.25. The van der Waals surface area contributed by atoms with Crippen LogP contribution in [0.25, 0.3) is 0 Å². The zero-order valence-electron chi connectivity index (χ0n) is 11.2. The predicted octanol–water partition coefficient (Wildman–Crippen LogP) is 2.23. The number of para-hydroxylation sites is 1. The third-order valence-electron chi connectivity index (χ3n) is 2.22. The Kier molecular flexibility index (Phi) is 5.63. The van der Waals surface area contributed by atoms with Crippen LogP contribution in [0.4, 0.5) is 11.4 Å². The van der Waals surface area contributed by atoms with Crippen molar-refractivity contribution in [3.05, 3.63) is 23.2 Å². The van der Waals surface area contributed by atoms with Gasteiger partial charge < -0.3 is 16.0 Å². The van der Waals surface area contributed by atoms with Gasteiger partial charge in [0.2, 0.25) is 11.8 Å². The average Bonchev–Trinajstić information content (AvgIpc) is 2.30. The van der Waals surface area contributed by atoms with E-state index in [1.165, 1.54) is 6.92 Å². The van der Waals surface area contributed by atoms with Crippen LogP contribution in [0.1, 0.15) is 20.8 Å². The molecule has 0 aromatic heterocycles. The maximum absolute atomic E-state index is 11.7. The number of amides is 2. The molecule has 0 aliphatic rings. The second-order valence-corrected chi connectivity index (χ2v) is 4.83. The number of anilines is 2. The van der Waals surface area contributed by atoms with E-state index in [9.17, 15) is 9.59 Å². The second kappa shape index (κ2) is 6.99. The molecular formula is C13H18ClN3O2. The number of benzene rings is 1. The summed E-state index contributed by atoms with van der Waals surface area (Å²) in [4.78, 5) is 22.4. The van der Waals surface area contributed by atoms with E-state index in [1.807, 2.05) is 13.8 Å². The highest BCUT2D eigenvalue weighted by atomic mass is 35.5. The van der Waals surface area contributed by atoms with Gasteiger partial charge in [0.15, 0.2) is 0 Å². The Balaban J connectivity index is 2.79. The average molecular weight is 284 g/mol. The van der Waals surface area contributed by atoms with E-state index in [-0.39, 0.29) is 24.4 Å². The molecule has 1 aromatic carbocycles. The maximum atomic E-state index is 11.7. The zero-order chi connectivity index (χ0) is 14.4. The van der Waals surface area contributed by atoms with E-state index in [2.05, 4.69) is 16.0 Å². The molecule has 0 saturated heterocycles. The van der Waals surface area contributed by atoms with Crippen LogP contribution in [0.3, 0.4) is 0 Å². The Morgan fingerprint density at radius 1 is 1.32 bits per heavy atom. The third kappa shape index (κ3) is 5.18. The van der Waals surface area contributed by atoms with Gasteiger partial charge >= 0.3 is 0 Å². The molecule has 0 atom stereocenters. The fraction of sp³-hybridized carbons (Fsp3) is 0.385. The van der Waals surface area contributed by atoms with Crippen LogP contribution in [-0.4, -0.2) is 24.4 Å². The minimum Gasteiger partial charge on any atom is -0.380 e. The molecule has 1 aromatic rings. The Hall–Kier alpha value is -1.75. The molecular weight excluding hydrogens is 266 g/mol. The molecule has 6 heteroatoms. The predicted molar refractivity (Wildman–Crippen MR) is 77.5 cm³/mol. The van der Waals surface area contributed by atoms with Crippen molar-refractivity contribution in [2.45, 2.75) is 26.8 Å². The topological polar surface area (TPSA) is 70.2 Å². The van der Waals surface area contributed by atoms with Crippen LogP contribution in [0.15, 0.2) is 18.2 Å². The zero-order valence-corrected chi connectivity index (χ0v) is 12.0. The number of hydrogen-bond acceptors (Lipinski definition) is 3. The van der Waals surface area contributed by atoms with E-state index in [0.29, 0.717) is 16.4 Å². The maximum Gasteiger partial charge on any atom is 0.243 e. The minimum absolute atomic E-state index is 0.0665.